The number of rotatable bonds is 8. The van der Waals surface area contributed by atoms with E-state index >= 15 is 0 Å². The molecule has 0 aliphatic rings. The first-order valence-electron chi connectivity index (χ1n) is 7.77. The number of carbonyl (C=O) groups excluding carboxylic acids is 5. The molecule has 1 atom stereocenters. The van der Waals surface area contributed by atoms with Gasteiger partial charge < -0.3 is 19.3 Å². The summed E-state index contributed by atoms with van der Waals surface area (Å²) in [5, 5.41) is 9.28. The number of aliphatic hydroxyl groups excluding tert-OH is 1. The van der Waals surface area contributed by atoms with Crippen LogP contribution in [0.5, 0.6) is 0 Å². The van der Waals surface area contributed by atoms with Gasteiger partial charge in [0.05, 0.1) is 6.42 Å². The summed E-state index contributed by atoms with van der Waals surface area (Å²) in [7, 11) is 0. The largest absolute Gasteiger partial charge is 0.458 e. The Balaban J connectivity index is 0. The van der Waals surface area contributed by atoms with Gasteiger partial charge in [-0.15, -0.1) is 0 Å². The number of hydrogen-bond donors (Lipinski definition) is 1. The maximum Gasteiger partial charge on any atom is 0.343 e. The molecule has 28 heavy (non-hydrogen) atoms. The summed E-state index contributed by atoms with van der Waals surface area (Å²) >= 11 is 0. The fourth-order valence-corrected chi connectivity index (χ4v) is 0.978. The van der Waals surface area contributed by atoms with Gasteiger partial charge in [0.15, 0.2) is 6.10 Å². The van der Waals surface area contributed by atoms with Gasteiger partial charge in [0.25, 0.3) is 0 Å². The third kappa shape index (κ3) is 13.0. The van der Waals surface area contributed by atoms with Crippen molar-refractivity contribution in [2.24, 2.45) is 0 Å². The predicted octanol–water partition coefficient (Wildman–Crippen LogP) is 1.32. The second kappa shape index (κ2) is 13.8. The van der Waals surface area contributed by atoms with Crippen LogP contribution in [0, 0.1) is 0 Å². The summed E-state index contributed by atoms with van der Waals surface area (Å²) < 4.78 is 13.0. The zero-order valence-electron chi connectivity index (χ0n) is 16.1. The molecule has 1 unspecified atom stereocenters. The second-order valence-electron chi connectivity index (χ2n) is 5.42. The zero-order chi connectivity index (χ0) is 22.4. The molecule has 154 valence electrons. The molecule has 0 spiro atoms. The molecule has 0 bridgehead atoms. The highest BCUT2D eigenvalue weighted by Crippen LogP contribution is 2.03. The third-order valence-corrected chi connectivity index (χ3v) is 2.41. The summed E-state index contributed by atoms with van der Waals surface area (Å²) in [5.74, 6) is -4.82. The Morgan fingerprint density at radius 1 is 0.857 bits per heavy atom. The highest BCUT2D eigenvalue weighted by Gasteiger charge is 2.25. The lowest BCUT2D eigenvalue weighted by Crippen LogP contribution is -2.29. The van der Waals surface area contributed by atoms with Gasteiger partial charge in [0, 0.05) is 16.7 Å². The Labute approximate surface area is 162 Å². The van der Waals surface area contributed by atoms with Crippen LogP contribution in [0.3, 0.4) is 0 Å². The number of ether oxygens (including phenoxy) is 3. The van der Waals surface area contributed by atoms with Crippen molar-refractivity contribution in [1.82, 2.24) is 0 Å². The average Bonchev–Trinajstić information content (AvgIpc) is 2.59. The van der Waals surface area contributed by atoms with Crippen LogP contribution in [0.25, 0.3) is 0 Å². The molecule has 0 aromatic rings. The highest BCUT2D eigenvalue weighted by molar-refractivity contribution is 5.99. The van der Waals surface area contributed by atoms with Crippen LogP contribution in [0.2, 0.25) is 0 Å². The van der Waals surface area contributed by atoms with E-state index in [0.29, 0.717) is 5.57 Å². The smallest absolute Gasteiger partial charge is 0.343 e. The van der Waals surface area contributed by atoms with Crippen LogP contribution in [0.15, 0.2) is 49.1 Å². The molecule has 0 fully saturated rings. The van der Waals surface area contributed by atoms with Crippen LogP contribution in [-0.2, 0) is 38.2 Å². The van der Waals surface area contributed by atoms with Crippen molar-refractivity contribution < 1.29 is 43.3 Å². The standard InChI is InChI=1S/C12H14O7.C7H10O2/c1-6(2)10(15)18-9(14)5-8(13)12(17)19-11(16)7(3)4;1-4-5-9-7(8)6(2)3/h8,13H,1,3,5H2,2,4H3;4H,1-2,5H2,3H3. The maximum absolute atomic E-state index is 11.2. The summed E-state index contributed by atoms with van der Waals surface area (Å²) in [6, 6.07) is 0. The minimum atomic E-state index is -1.91. The van der Waals surface area contributed by atoms with E-state index < -0.39 is 36.4 Å². The molecule has 0 radical (unpaired) electrons. The first-order chi connectivity index (χ1) is 12.8. The molecule has 0 saturated carbocycles. The van der Waals surface area contributed by atoms with Crippen molar-refractivity contribution >= 4 is 29.8 Å². The molecule has 0 saturated heterocycles. The molecule has 0 aliphatic heterocycles. The Morgan fingerprint density at radius 3 is 1.68 bits per heavy atom. The van der Waals surface area contributed by atoms with Gasteiger partial charge in [-0.25, -0.2) is 19.2 Å². The molecule has 0 aromatic carbocycles. The molecule has 0 rings (SSSR count). The lowest BCUT2D eigenvalue weighted by molar-refractivity contribution is -0.169. The molecule has 1 N–H and O–H groups in total. The molecule has 0 aromatic heterocycles. The van der Waals surface area contributed by atoms with E-state index in [1.165, 1.54) is 19.9 Å². The van der Waals surface area contributed by atoms with E-state index in [2.05, 4.69) is 40.5 Å². The molecule has 0 amide bonds. The van der Waals surface area contributed by atoms with Crippen LogP contribution < -0.4 is 0 Å². The Hall–Kier alpha value is -3.33. The van der Waals surface area contributed by atoms with Crippen LogP contribution in [0.4, 0.5) is 0 Å². The normalized spacial score (nSPS) is 10.1. The van der Waals surface area contributed by atoms with E-state index in [1.807, 2.05) is 0 Å². The van der Waals surface area contributed by atoms with Gasteiger partial charge in [-0.3, -0.25) is 4.79 Å². The quantitative estimate of drug-likeness (QED) is 0.212. The SMILES string of the molecule is C=C(C)C(=O)OC(=O)CC(O)C(=O)OC(=O)C(=C)C.C=CCOC(=O)C(=C)C. The summed E-state index contributed by atoms with van der Waals surface area (Å²) in [6.07, 6.45) is -1.21. The first kappa shape index (κ1) is 26.9. The number of aliphatic hydroxyl groups is 1. The summed E-state index contributed by atoms with van der Waals surface area (Å²) in [6.45, 7) is 17.8. The van der Waals surface area contributed by atoms with Gasteiger partial charge in [-0.2, -0.15) is 0 Å². The van der Waals surface area contributed by atoms with Crippen LogP contribution >= 0.6 is 0 Å². The average molecular weight is 396 g/mol. The van der Waals surface area contributed by atoms with Gasteiger partial charge in [0.1, 0.15) is 6.61 Å². The lowest BCUT2D eigenvalue weighted by Gasteiger charge is -2.08. The van der Waals surface area contributed by atoms with E-state index in [-0.39, 0.29) is 23.7 Å². The Morgan fingerprint density at radius 2 is 1.29 bits per heavy atom. The summed E-state index contributed by atoms with van der Waals surface area (Å²) in [4.78, 5) is 54.8. The van der Waals surface area contributed by atoms with Crippen molar-refractivity contribution in [3.63, 3.8) is 0 Å². The van der Waals surface area contributed by atoms with Crippen molar-refractivity contribution in [3.8, 4) is 0 Å². The molecule has 9 heteroatoms. The number of esters is 5. The van der Waals surface area contributed by atoms with Crippen LogP contribution in [-0.4, -0.2) is 47.7 Å². The van der Waals surface area contributed by atoms with Crippen LogP contribution in [0.1, 0.15) is 27.2 Å². The Kier molecular flexibility index (Phi) is 13.3. The lowest BCUT2D eigenvalue weighted by atomic mass is 10.2. The highest BCUT2D eigenvalue weighted by atomic mass is 16.6. The van der Waals surface area contributed by atoms with Gasteiger partial charge >= 0.3 is 29.8 Å². The van der Waals surface area contributed by atoms with Gasteiger partial charge in [-0.1, -0.05) is 32.4 Å². The van der Waals surface area contributed by atoms with Crippen molar-refractivity contribution in [3.05, 3.63) is 49.1 Å². The van der Waals surface area contributed by atoms with E-state index in [1.54, 1.807) is 6.92 Å². The van der Waals surface area contributed by atoms with Crippen molar-refractivity contribution in [2.75, 3.05) is 6.61 Å². The van der Waals surface area contributed by atoms with Crippen molar-refractivity contribution in [2.45, 2.75) is 33.3 Å². The van der Waals surface area contributed by atoms with Gasteiger partial charge in [0.2, 0.25) is 0 Å². The fraction of sp³-hybridized carbons (Fsp3) is 0.316. The first-order valence-corrected chi connectivity index (χ1v) is 7.77. The van der Waals surface area contributed by atoms with Crippen molar-refractivity contribution in [1.29, 1.82) is 0 Å². The van der Waals surface area contributed by atoms with E-state index in [0.717, 1.165) is 0 Å². The molecule has 0 heterocycles. The predicted molar refractivity (Wildman–Crippen MR) is 98.4 cm³/mol. The van der Waals surface area contributed by atoms with E-state index in [9.17, 15) is 29.1 Å². The minimum absolute atomic E-state index is 0.0112. The molecule has 9 nitrogen and oxygen atoms in total. The number of hydrogen-bond acceptors (Lipinski definition) is 9. The van der Waals surface area contributed by atoms with Gasteiger partial charge in [-0.05, 0) is 20.8 Å². The second-order valence-corrected chi connectivity index (χ2v) is 5.42. The molecular weight excluding hydrogens is 372 g/mol. The van der Waals surface area contributed by atoms with E-state index in [4.69, 9.17) is 0 Å². The third-order valence-electron chi connectivity index (χ3n) is 2.41. The zero-order valence-corrected chi connectivity index (χ0v) is 16.1. The molecular formula is C19H24O9. The fourth-order valence-electron chi connectivity index (χ4n) is 0.978. The molecule has 0 aliphatic carbocycles. The maximum atomic E-state index is 11.2. The Bertz CT molecular complexity index is 686. The summed E-state index contributed by atoms with van der Waals surface area (Å²) in [5.41, 5.74) is 0.361. The monoisotopic (exact) mass is 396 g/mol. The minimum Gasteiger partial charge on any atom is -0.458 e. The number of carbonyl (C=O) groups is 5. The topological polar surface area (TPSA) is 133 Å².